The minimum Gasteiger partial charge on any atom is -0.493 e. The second-order valence-corrected chi connectivity index (χ2v) is 8.19. The molecule has 1 fully saturated rings. The van der Waals surface area contributed by atoms with E-state index < -0.39 is 5.69 Å². The van der Waals surface area contributed by atoms with Gasteiger partial charge in [0.2, 0.25) is 5.88 Å². The van der Waals surface area contributed by atoms with E-state index in [1.165, 1.54) is 6.07 Å². The maximum atomic E-state index is 14.2. The van der Waals surface area contributed by atoms with Crippen LogP contribution in [0, 0.1) is 5.82 Å². The minimum atomic E-state index is -0.517. The molecule has 0 unspecified atom stereocenters. The zero-order valence-corrected chi connectivity index (χ0v) is 17.6. The summed E-state index contributed by atoms with van der Waals surface area (Å²) in [6.45, 7) is 0.240. The van der Waals surface area contributed by atoms with Crippen molar-refractivity contribution in [2.45, 2.75) is 25.4 Å². The smallest absolute Gasteiger partial charge is 0.326 e. The molecule has 5 rings (SSSR count). The van der Waals surface area contributed by atoms with Gasteiger partial charge in [-0.05, 0) is 31.1 Å². The second-order valence-electron chi connectivity index (χ2n) is 7.27. The van der Waals surface area contributed by atoms with Gasteiger partial charge in [-0.15, -0.1) is 0 Å². The number of aromatic amines is 2. The number of imidazole rings is 1. The lowest BCUT2D eigenvalue weighted by molar-refractivity contribution is 0.454. The fourth-order valence-corrected chi connectivity index (χ4v) is 3.47. The average molecular weight is 486 g/mol. The molecule has 4 N–H and O–H groups in total. The van der Waals surface area contributed by atoms with Gasteiger partial charge in [0.05, 0.1) is 12.2 Å². The average Bonchev–Trinajstić information content (AvgIpc) is 3.36. The molecule has 31 heavy (non-hydrogen) atoms. The van der Waals surface area contributed by atoms with E-state index in [1.54, 1.807) is 35.0 Å². The van der Waals surface area contributed by atoms with E-state index in [-0.39, 0.29) is 30.0 Å². The lowest BCUT2D eigenvalue weighted by Crippen LogP contribution is -2.20. The first-order valence-corrected chi connectivity index (χ1v) is 10.4. The normalized spacial score (nSPS) is 15.2. The Kier molecular flexibility index (Phi) is 4.81. The molecule has 11 heteroatoms. The summed E-state index contributed by atoms with van der Waals surface area (Å²) in [7, 11) is 0. The van der Waals surface area contributed by atoms with Crippen LogP contribution >= 0.6 is 15.9 Å². The molecular weight excluding hydrogens is 469 g/mol. The number of rotatable bonds is 5. The van der Waals surface area contributed by atoms with Crippen molar-refractivity contribution in [3.8, 4) is 5.88 Å². The third-order valence-corrected chi connectivity index (χ3v) is 5.35. The lowest BCUT2D eigenvalue weighted by atomic mass is 10.2. The molecule has 0 amide bonds. The summed E-state index contributed by atoms with van der Waals surface area (Å²) in [6, 6.07) is 6.91. The van der Waals surface area contributed by atoms with E-state index in [0.29, 0.717) is 32.2 Å². The van der Waals surface area contributed by atoms with Gasteiger partial charge in [0.15, 0.2) is 11.1 Å². The molecule has 1 aliphatic rings. The lowest BCUT2D eigenvalue weighted by Gasteiger charge is -2.08. The summed E-state index contributed by atoms with van der Waals surface area (Å²) >= 11 is 3.25. The van der Waals surface area contributed by atoms with E-state index in [0.717, 1.165) is 12.8 Å². The predicted octanol–water partition coefficient (Wildman–Crippen LogP) is 1.58. The highest BCUT2D eigenvalue weighted by molar-refractivity contribution is 9.10. The Balaban J connectivity index is 1.58. The van der Waals surface area contributed by atoms with E-state index >= 15 is 0 Å². The molecule has 4 aromatic rings. The fraction of sp³-hybridized carbons (Fsp3) is 0.200. The number of benzene rings is 1. The summed E-state index contributed by atoms with van der Waals surface area (Å²) in [4.78, 5) is 25.5. The topological polar surface area (TPSA) is 123 Å². The molecule has 0 aliphatic heterocycles. The molecule has 1 aromatic carbocycles. The van der Waals surface area contributed by atoms with Gasteiger partial charge in [-0.25, -0.2) is 14.2 Å². The highest BCUT2D eigenvalue weighted by atomic mass is 79.9. The first-order valence-electron chi connectivity index (χ1n) is 9.60. The maximum absolute atomic E-state index is 14.2. The van der Waals surface area contributed by atoms with Crippen molar-refractivity contribution in [3.05, 3.63) is 73.2 Å². The molecule has 0 bridgehead atoms. The standard InChI is InChI=1S/C20H17BrFN7O2/c21-12-2-1-10(14(22)6-12)8-23-16-7-17(25-13-3-4-13)29-18(27-16)11(9-24-29)5-15-19(30)28-20(31)26-15/h1-2,5-7,9,13,23,30H,3-4,8H2,(H2,26,28,31). The first-order chi connectivity index (χ1) is 15.0. The SMILES string of the molecule is O=c1[nH]c(O)c(C=c2cnn3c(=NC4CC4)cc(NCc4ccc(Br)cc4F)nc23)[nH]1. The molecular formula is C20H17BrFN7O2. The van der Waals surface area contributed by atoms with E-state index in [2.05, 4.69) is 41.3 Å². The molecule has 0 spiro atoms. The predicted molar refractivity (Wildman–Crippen MR) is 115 cm³/mol. The number of nitrogens with one attached hydrogen (secondary N) is 3. The molecule has 158 valence electrons. The Hall–Kier alpha value is -3.47. The monoisotopic (exact) mass is 485 g/mol. The van der Waals surface area contributed by atoms with Gasteiger partial charge in [-0.2, -0.15) is 9.61 Å². The van der Waals surface area contributed by atoms with Gasteiger partial charge in [0, 0.05) is 27.9 Å². The van der Waals surface area contributed by atoms with Crippen LogP contribution in [0.25, 0.3) is 11.7 Å². The molecule has 1 saturated carbocycles. The van der Waals surface area contributed by atoms with Crippen molar-refractivity contribution < 1.29 is 9.50 Å². The van der Waals surface area contributed by atoms with Crippen LogP contribution < -0.4 is 21.7 Å². The molecule has 1 aliphatic carbocycles. The second kappa shape index (κ2) is 7.65. The number of hydrogen-bond donors (Lipinski definition) is 4. The summed E-state index contributed by atoms with van der Waals surface area (Å²) < 4.78 is 16.5. The number of aromatic hydroxyl groups is 1. The highest BCUT2D eigenvalue weighted by Crippen LogP contribution is 2.22. The summed E-state index contributed by atoms with van der Waals surface area (Å²) in [6.07, 6.45) is 5.20. The third-order valence-electron chi connectivity index (χ3n) is 4.85. The van der Waals surface area contributed by atoms with Crippen LogP contribution in [-0.4, -0.2) is 35.7 Å². The van der Waals surface area contributed by atoms with Crippen molar-refractivity contribution in [2.24, 2.45) is 4.99 Å². The van der Waals surface area contributed by atoms with Crippen LogP contribution in [0.4, 0.5) is 10.2 Å². The Morgan fingerprint density at radius 2 is 2.19 bits per heavy atom. The Morgan fingerprint density at radius 1 is 1.35 bits per heavy atom. The van der Waals surface area contributed by atoms with Gasteiger partial charge in [-0.3, -0.25) is 9.98 Å². The fourth-order valence-electron chi connectivity index (χ4n) is 3.14. The highest BCUT2D eigenvalue weighted by Gasteiger charge is 2.20. The number of aromatic nitrogens is 5. The number of anilines is 1. The summed E-state index contributed by atoms with van der Waals surface area (Å²) in [5.41, 5.74) is 1.31. The quantitative estimate of drug-likeness (QED) is 0.341. The first kappa shape index (κ1) is 19.5. The summed E-state index contributed by atoms with van der Waals surface area (Å²) in [5.74, 6) is -0.0838. The van der Waals surface area contributed by atoms with Gasteiger partial charge in [-0.1, -0.05) is 22.0 Å². The Morgan fingerprint density at radius 3 is 2.90 bits per heavy atom. The van der Waals surface area contributed by atoms with Crippen molar-refractivity contribution in [1.29, 1.82) is 0 Å². The Labute approximate surface area is 182 Å². The maximum Gasteiger partial charge on any atom is 0.326 e. The molecule has 0 radical (unpaired) electrons. The number of hydrogen-bond acceptors (Lipinski definition) is 6. The number of halogens is 2. The van der Waals surface area contributed by atoms with E-state index in [4.69, 9.17) is 4.99 Å². The van der Waals surface area contributed by atoms with Gasteiger partial charge in [0.1, 0.15) is 17.3 Å². The molecule has 0 atom stereocenters. The number of H-pyrrole nitrogens is 2. The zero-order valence-electron chi connectivity index (χ0n) is 16.1. The summed E-state index contributed by atoms with van der Waals surface area (Å²) in [5, 5.41) is 18.0. The van der Waals surface area contributed by atoms with Crippen LogP contribution in [0.15, 0.2) is 44.7 Å². The number of fused-ring (bicyclic) bond motifs is 1. The molecule has 9 nitrogen and oxygen atoms in total. The van der Waals surface area contributed by atoms with Crippen LogP contribution in [-0.2, 0) is 6.54 Å². The van der Waals surface area contributed by atoms with E-state index in [9.17, 15) is 14.3 Å². The van der Waals surface area contributed by atoms with Crippen LogP contribution in [0.5, 0.6) is 5.88 Å². The van der Waals surface area contributed by atoms with Crippen LogP contribution in [0.1, 0.15) is 24.1 Å². The van der Waals surface area contributed by atoms with Crippen LogP contribution in [0.3, 0.4) is 0 Å². The van der Waals surface area contributed by atoms with Crippen molar-refractivity contribution in [2.75, 3.05) is 5.32 Å². The van der Waals surface area contributed by atoms with Crippen LogP contribution in [0.2, 0.25) is 0 Å². The van der Waals surface area contributed by atoms with Gasteiger partial charge < -0.3 is 15.4 Å². The third kappa shape index (κ3) is 4.08. The molecule has 3 aromatic heterocycles. The Bertz CT molecular complexity index is 1470. The number of nitrogens with zero attached hydrogens (tertiary/aromatic N) is 4. The molecule has 0 saturated heterocycles. The van der Waals surface area contributed by atoms with Gasteiger partial charge in [0.25, 0.3) is 0 Å². The van der Waals surface area contributed by atoms with Crippen molar-refractivity contribution in [1.82, 2.24) is 24.6 Å². The minimum absolute atomic E-state index is 0.220. The van der Waals surface area contributed by atoms with Crippen molar-refractivity contribution in [3.63, 3.8) is 0 Å². The zero-order chi connectivity index (χ0) is 21.5. The largest absolute Gasteiger partial charge is 0.493 e. The van der Waals surface area contributed by atoms with Crippen molar-refractivity contribution >= 4 is 33.5 Å². The van der Waals surface area contributed by atoms with E-state index in [1.807, 2.05) is 0 Å². The van der Waals surface area contributed by atoms with Gasteiger partial charge >= 0.3 is 5.69 Å². The molecule has 3 heterocycles.